The summed E-state index contributed by atoms with van der Waals surface area (Å²) in [6.45, 7) is 6.73. The Morgan fingerprint density at radius 2 is 1.25 bits per heavy atom. The Labute approximate surface area is 347 Å². The van der Waals surface area contributed by atoms with E-state index < -0.39 is 60.4 Å². The molecule has 0 amide bonds. The van der Waals surface area contributed by atoms with E-state index in [1.54, 1.807) is 24.4 Å². The number of aromatic nitrogens is 2. The molecule has 3 heterocycles. The molecular weight excluding hydrogens is 697 g/mol. The number of hydrogen-bond acceptors (Lipinski definition) is 4. The first-order chi connectivity index (χ1) is 32.0. The van der Waals surface area contributed by atoms with Gasteiger partial charge in [-0.1, -0.05) is 130 Å². The third-order valence-electron chi connectivity index (χ3n) is 10.4. The molecule has 0 saturated carbocycles. The minimum atomic E-state index is -0.549. The van der Waals surface area contributed by atoms with E-state index in [4.69, 9.17) is 23.4 Å². The smallest absolute Gasteiger partial charge is 0.137 e. The van der Waals surface area contributed by atoms with E-state index in [9.17, 15) is 0 Å². The lowest BCUT2D eigenvalue weighted by molar-refractivity contribution is 0.483. The molecular formula is C52H42N4O. The third kappa shape index (κ3) is 6.18. The van der Waals surface area contributed by atoms with Gasteiger partial charge in [0.2, 0.25) is 0 Å². The van der Waals surface area contributed by atoms with Gasteiger partial charge in [0.25, 0.3) is 0 Å². The van der Waals surface area contributed by atoms with Crippen LogP contribution in [0.3, 0.4) is 0 Å². The van der Waals surface area contributed by atoms with Crippen LogP contribution in [0.2, 0.25) is 0 Å². The molecule has 0 aliphatic carbocycles. The molecule has 0 N–H and O–H groups in total. The van der Waals surface area contributed by atoms with Gasteiger partial charge in [0, 0.05) is 45.9 Å². The van der Waals surface area contributed by atoms with Gasteiger partial charge in [0.15, 0.2) is 0 Å². The molecule has 5 heteroatoms. The Morgan fingerprint density at radius 1 is 0.579 bits per heavy atom. The Bertz CT molecular complexity index is 3350. The number of rotatable bonds is 7. The van der Waals surface area contributed by atoms with Gasteiger partial charge in [-0.05, 0) is 82.8 Å². The van der Waals surface area contributed by atoms with Crippen LogP contribution < -0.4 is 14.5 Å². The van der Waals surface area contributed by atoms with Crippen LogP contribution in [0.1, 0.15) is 40.0 Å². The summed E-state index contributed by atoms with van der Waals surface area (Å²) < 4.78 is 95.7. The van der Waals surface area contributed by atoms with E-state index in [0.29, 0.717) is 22.9 Å². The van der Waals surface area contributed by atoms with E-state index in [0.717, 1.165) is 39.0 Å². The molecule has 0 bridgehead atoms. The summed E-state index contributed by atoms with van der Waals surface area (Å²) in [5.41, 5.74) is 5.89. The van der Waals surface area contributed by atoms with Crippen LogP contribution in [-0.2, 0) is 5.41 Å². The molecule has 2 aromatic heterocycles. The van der Waals surface area contributed by atoms with Gasteiger partial charge in [0.1, 0.15) is 24.0 Å². The quantitative estimate of drug-likeness (QED) is 0.163. The Balaban J connectivity index is 1.10. The molecule has 10 rings (SSSR count). The van der Waals surface area contributed by atoms with E-state index in [1.807, 2.05) is 88.7 Å². The summed E-state index contributed by atoms with van der Waals surface area (Å²) >= 11 is 0. The molecule has 0 fully saturated rings. The van der Waals surface area contributed by atoms with Crippen LogP contribution in [0.25, 0.3) is 49.9 Å². The Hall–Kier alpha value is -7.11. The summed E-state index contributed by atoms with van der Waals surface area (Å²) in [5, 5.41) is 2.18. The van der Waals surface area contributed by atoms with Crippen molar-refractivity contribution >= 4 is 44.6 Å². The maximum atomic E-state index is 9.01. The molecule has 0 unspecified atom stereocenters. The van der Waals surface area contributed by atoms with Crippen LogP contribution in [0.4, 0.5) is 22.7 Å². The number of ether oxygens (including phenoxy) is 1. The predicted octanol–water partition coefficient (Wildman–Crippen LogP) is 13.8. The average molecular weight is 749 g/mol. The normalized spacial score (nSPS) is 15.1. The van der Waals surface area contributed by atoms with Gasteiger partial charge in [-0.25, -0.2) is 4.98 Å². The lowest BCUT2D eigenvalue weighted by Gasteiger charge is -2.27. The van der Waals surface area contributed by atoms with Gasteiger partial charge in [-0.15, -0.1) is 0 Å². The van der Waals surface area contributed by atoms with Gasteiger partial charge in [-0.2, -0.15) is 0 Å². The SMILES string of the molecule is [2H]c1c([2H])c([2H])c(-c2cccc(-c3c([2H])c([2H])c([2H])c([2H])c3[2H])c2N2CN(c3cccc(Oc4ccc5c6cc(C(C)(C)C)ccc6n(-c6ccccn6)c5c4)c3)c3ccccc32)c([2H])c1[2H]. The van der Waals surface area contributed by atoms with Crippen LogP contribution >= 0.6 is 0 Å². The number of fused-ring (bicyclic) bond motifs is 4. The molecule has 0 spiro atoms. The molecule has 276 valence electrons. The lowest BCUT2D eigenvalue weighted by Crippen LogP contribution is -2.24. The molecule has 9 aromatic rings. The fourth-order valence-corrected chi connectivity index (χ4v) is 7.75. The molecule has 7 aromatic carbocycles. The number of pyridine rings is 1. The summed E-state index contributed by atoms with van der Waals surface area (Å²) in [6.07, 6.45) is 1.78. The second-order valence-electron chi connectivity index (χ2n) is 15.0. The topological polar surface area (TPSA) is 33.5 Å². The lowest BCUT2D eigenvalue weighted by atomic mass is 9.86. The third-order valence-corrected chi connectivity index (χ3v) is 10.4. The molecule has 1 aliphatic rings. The molecule has 0 radical (unpaired) electrons. The highest BCUT2D eigenvalue weighted by Crippen LogP contribution is 2.50. The maximum absolute atomic E-state index is 9.01. The molecule has 57 heavy (non-hydrogen) atoms. The summed E-state index contributed by atoms with van der Waals surface area (Å²) in [7, 11) is 0. The standard InChI is InChI=1S/C52H42N4O/c1-52(2,3)38-27-30-46-45(32-38)44-29-28-41(34-49(44)56(46)50-26-12-13-31-53-50)57-40-21-14-20-39(33-40)54-35-55(48-25-11-10-24-47(48)54)51-42(36-16-6-4-7-17-36)22-15-23-43(51)37-18-8-5-9-19-37/h4-34H,35H2,1-3H3/i4D,5D,6D,7D,8D,9D,16D,17D,18D,19D. The van der Waals surface area contributed by atoms with E-state index >= 15 is 0 Å². The highest BCUT2D eigenvalue weighted by molar-refractivity contribution is 6.10. The second kappa shape index (κ2) is 13.9. The number of nitrogens with zero attached hydrogens (tertiary/aromatic N) is 4. The summed E-state index contributed by atoms with van der Waals surface area (Å²) in [6, 6.07) is 33.7. The number of benzene rings is 7. The van der Waals surface area contributed by atoms with Crippen molar-refractivity contribution in [1.82, 2.24) is 9.55 Å². The summed E-state index contributed by atoms with van der Waals surface area (Å²) in [5.74, 6) is 1.95. The predicted molar refractivity (Wildman–Crippen MR) is 237 cm³/mol. The van der Waals surface area contributed by atoms with Crippen LogP contribution in [0.15, 0.2) is 188 Å². The van der Waals surface area contributed by atoms with Crippen molar-refractivity contribution < 1.29 is 18.4 Å². The zero-order valence-electron chi connectivity index (χ0n) is 41.5. The first-order valence-electron chi connectivity index (χ1n) is 23.7. The number of anilines is 4. The minimum absolute atomic E-state index is 0.0467. The monoisotopic (exact) mass is 748 g/mol. The average Bonchev–Trinajstić information content (AvgIpc) is 3.87. The van der Waals surface area contributed by atoms with Crippen LogP contribution in [0.5, 0.6) is 11.5 Å². The molecule has 0 atom stereocenters. The zero-order chi connectivity index (χ0) is 47.2. The van der Waals surface area contributed by atoms with Crippen molar-refractivity contribution in [3.8, 4) is 39.6 Å². The largest absolute Gasteiger partial charge is 0.457 e. The maximum Gasteiger partial charge on any atom is 0.137 e. The highest BCUT2D eigenvalue weighted by atomic mass is 16.5. The Kier molecular flexibility index (Phi) is 6.12. The van der Waals surface area contributed by atoms with E-state index in [2.05, 4.69) is 49.6 Å². The molecule has 0 saturated heterocycles. The Morgan fingerprint density at radius 3 is 1.93 bits per heavy atom. The van der Waals surface area contributed by atoms with Gasteiger partial charge in [-0.3, -0.25) is 4.57 Å². The minimum Gasteiger partial charge on any atom is -0.457 e. The van der Waals surface area contributed by atoms with Gasteiger partial charge >= 0.3 is 0 Å². The molecule has 5 nitrogen and oxygen atoms in total. The van der Waals surface area contributed by atoms with Crippen LogP contribution in [-0.4, -0.2) is 16.2 Å². The second-order valence-corrected chi connectivity index (χ2v) is 15.0. The first kappa shape index (κ1) is 25.1. The van der Waals surface area contributed by atoms with Crippen molar-refractivity contribution in [2.24, 2.45) is 0 Å². The van der Waals surface area contributed by atoms with Gasteiger partial charge < -0.3 is 14.5 Å². The van der Waals surface area contributed by atoms with E-state index in [1.165, 1.54) is 5.56 Å². The van der Waals surface area contributed by atoms with Gasteiger partial charge in [0.05, 0.1) is 41.8 Å². The summed E-state index contributed by atoms with van der Waals surface area (Å²) in [4.78, 5) is 8.66. The fourth-order valence-electron chi connectivity index (χ4n) is 7.75. The number of hydrogen-bond donors (Lipinski definition) is 0. The molecule has 1 aliphatic heterocycles. The number of para-hydroxylation sites is 3. The van der Waals surface area contributed by atoms with Crippen molar-refractivity contribution in [3.63, 3.8) is 0 Å². The van der Waals surface area contributed by atoms with Crippen molar-refractivity contribution in [3.05, 3.63) is 194 Å². The fraction of sp³-hybridized carbons (Fsp3) is 0.0962. The first-order valence-corrected chi connectivity index (χ1v) is 18.7. The van der Waals surface area contributed by atoms with Crippen LogP contribution in [0, 0.1) is 0 Å². The van der Waals surface area contributed by atoms with Crippen molar-refractivity contribution in [2.45, 2.75) is 26.2 Å². The van der Waals surface area contributed by atoms with Crippen molar-refractivity contribution in [2.75, 3.05) is 16.5 Å². The zero-order valence-corrected chi connectivity index (χ0v) is 31.5. The van der Waals surface area contributed by atoms with E-state index in [-0.39, 0.29) is 34.3 Å². The highest BCUT2D eigenvalue weighted by Gasteiger charge is 2.31. The van der Waals surface area contributed by atoms with Crippen molar-refractivity contribution in [1.29, 1.82) is 0 Å².